The van der Waals surface area contributed by atoms with Crippen LogP contribution < -0.4 is 4.90 Å². The molecule has 0 saturated carbocycles. The summed E-state index contributed by atoms with van der Waals surface area (Å²) in [4.78, 5) is 14.1. The molecule has 0 spiro atoms. The van der Waals surface area contributed by atoms with E-state index in [1.54, 1.807) is 0 Å². The number of aryl methyl sites for hydroxylation is 1. The van der Waals surface area contributed by atoms with E-state index in [4.69, 9.17) is 19.6 Å². The Morgan fingerprint density at radius 1 is 1.16 bits per heavy atom. The first kappa shape index (κ1) is 18.5. The van der Waals surface area contributed by atoms with Gasteiger partial charge in [-0.15, -0.1) is 0 Å². The number of piperidine rings is 1. The second-order valence-corrected chi connectivity index (χ2v) is 6.75. The van der Waals surface area contributed by atoms with Gasteiger partial charge in [0.15, 0.2) is 0 Å². The van der Waals surface area contributed by atoms with E-state index in [-0.39, 0.29) is 6.61 Å². The van der Waals surface area contributed by atoms with Gasteiger partial charge in [0.2, 0.25) is 0 Å². The maximum absolute atomic E-state index is 8.74. The summed E-state index contributed by atoms with van der Waals surface area (Å²) in [7, 11) is 0. The minimum absolute atomic E-state index is 0.0978. The van der Waals surface area contributed by atoms with Crippen molar-refractivity contribution in [3.05, 3.63) is 17.6 Å². The predicted molar refractivity (Wildman–Crippen MR) is 96.1 cm³/mol. The van der Waals surface area contributed by atoms with Gasteiger partial charge in [0.25, 0.3) is 0 Å². The summed E-state index contributed by atoms with van der Waals surface area (Å²) in [6.45, 7) is 9.65. The van der Waals surface area contributed by atoms with Crippen molar-refractivity contribution in [1.29, 1.82) is 0 Å². The molecular formula is C18H30N4O3. The molecule has 2 fully saturated rings. The molecule has 0 bridgehead atoms. The number of anilines is 1. The number of hydrogen-bond donors (Lipinski definition) is 1. The topological polar surface area (TPSA) is 71.0 Å². The number of hydrogen-bond acceptors (Lipinski definition) is 7. The minimum atomic E-state index is 0.0978. The van der Waals surface area contributed by atoms with Gasteiger partial charge in [0.1, 0.15) is 11.6 Å². The van der Waals surface area contributed by atoms with Crippen molar-refractivity contribution in [2.24, 2.45) is 0 Å². The molecule has 0 aliphatic carbocycles. The number of rotatable bonds is 7. The third-order valence-electron chi connectivity index (χ3n) is 4.97. The molecule has 0 unspecified atom stereocenters. The highest BCUT2D eigenvalue weighted by atomic mass is 16.5. The summed E-state index contributed by atoms with van der Waals surface area (Å²) < 4.78 is 10.8. The lowest BCUT2D eigenvalue weighted by atomic mass is 9.93. The van der Waals surface area contributed by atoms with Gasteiger partial charge in [-0.3, -0.25) is 0 Å². The standard InChI is InChI=1S/C18H30N4O3/c1-15-19-17(14-18(20-15)22-7-11-24-12-8-22)16-2-4-21(5-3-16)6-10-25-13-9-23/h14,16,23H,2-13H2,1H3. The second kappa shape index (κ2) is 9.43. The van der Waals surface area contributed by atoms with Crippen LogP contribution in [0.15, 0.2) is 6.07 Å². The van der Waals surface area contributed by atoms with Crippen molar-refractivity contribution in [3.63, 3.8) is 0 Å². The second-order valence-electron chi connectivity index (χ2n) is 6.75. The van der Waals surface area contributed by atoms with Crippen LogP contribution in [0.4, 0.5) is 5.82 Å². The van der Waals surface area contributed by atoms with E-state index in [9.17, 15) is 0 Å². The molecule has 7 heteroatoms. The van der Waals surface area contributed by atoms with Crippen molar-refractivity contribution < 1.29 is 14.6 Å². The molecule has 25 heavy (non-hydrogen) atoms. The molecule has 1 N–H and O–H groups in total. The van der Waals surface area contributed by atoms with Crippen LogP contribution in [-0.2, 0) is 9.47 Å². The van der Waals surface area contributed by atoms with Gasteiger partial charge in [-0.05, 0) is 32.9 Å². The van der Waals surface area contributed by atoms with Crippen molar-refractivity contribution in [2.75, 3.05) is 70.7 Å². The van der Waals surface area contributed by atoms with Crippen LogP contribution in [0.5, 0.6) is 0 Å². The van der Waals surface area contributed by atoms with E-state index in [1.807, 2.05) is 6.92 Å². The molecule has 7 nitrogen and oxygen atoms in total. The predicted octanol–water partition coefficient (Wildman–Crippen LogP) is 0.810. The molecule has 0 atom stereocenters. The van der Waals surface area contributed by atoms with E-state index in [1.165, 1.54) is 5.69 Å². The van der Waals surface area contributed by atoms with Crippen LogP contribution in [0.1, 0.15) is 30.3 Å². The Balaban J connectivity index is 1.55. The molecule has 3 rings (SSSR count). The van der Waals surface area contributed by atoms with E-state index in [0.29, 0.717) is 19.1 Å². The van der Waals surface area contributed by atoms with E-state index >= 15 is 0 Å². The molecule has 2 saturated heterocycles. The van der Waals surface area contributed by atoms with Crippen LogP contribution in [0.2, 0.25) is 0 Å². The number of nitrogens with zero attached hydrogens (tertiary/aromatic N) is 4. The SMILES string of the molecule is Cc1nc(C2CCN(CCOCCO)CC2)cc(N2CCOCC2)n1. The Labute approximate surface area is 150 Å². The van der Waals surface area contributed by atoms with Crippen molar-refractivity contribution in [2.45, 2.75) is 25.7 Å². The van der Waals surface area contributed by atoms with Crippen molar-refractivity contribution in [1.82, 2.24) is 14.9 Å². The van der Waals surface area contributed by atoms with Crippen LogP contribution in [0.3, 0.4) is 0 Å². The number of likely N-dealkylation sites (tertiary alicyclic amines) is 1. The lowest BCUT2D eigenvalue weighted by Gasteiger charge is -2.32. The summed E-state index contributed by atoms with van der Waals surface area (Å²) in [5.74, 6) is 2.42. The van der Waals surface area contributed by atoms with Gasteiger partial charge in [-0.1, -0.05) is 0 Å². The maximum Gasteiger partial charge on any atom is 0.132 e. The van der Waals surface area contributed by atoms with Gasteiger partial charge >= 0.3 is 0 Å². The molecule has 1 aromatic rings. The minimum Gasteiger partial charge on any atom is -0.394 e. The Kier molecular flexibility index (Phi) is 6.98. The zero-order chi connectivity index (χ0) is 17.5. The molecule has 2 aliphatic heterocycles. The average molecular weight is 350 g/mol. The van der Waals surface area contributed by atoms with Gasteiger partial charge in [-0.25, -0.2) is 9.97 Å². The number of aliphatic hydroxyl groups excluding tert-OH is 1. The van der Waals surface area contributed by atoms with Crippen LogP contribution in [0.25, 0.3) is 0 Å². The quantitative estimate of drug-likeness (QED) is 0.730. The molecule has 3 heterocycles. The van der Waals surface area contributed by atoms with Gasteiger partial charge in [0.05, 0.1) is 33.0 Å². The monoisotopic (exact) mass is 350 g/mol. The third kappa shape index (κ3) is 5.34. The summed E-state index contributed by atoms with van der Waals surface area (Å²) in [6.07, 6.45) is 2.25. The van der Waals surface area contributed by atoms with Crippen molar-refractivity contribution in [3.8, 4) is 0 Å². The Bertz CT molecular complexity index is 529. The zero-order valence-electron chi connectivity index (χ0n) is 15.2. The van der Waals surface area contributed by atoms with Crippen LogP contribution >= 0.6 is 0 Å². The average Bonchev–Trinajstić information content (AvgIpc) is 2.66. The number of morpholine rings is 1. The fraction of sp³-hybridized carbons (Fsp3) is 0.778. The molecule has 2 aliphatic rings. The molecule has 0 amide bonds. The molecule has 0 aromatic carbocycles. The highest BCUT2D eigenvalue weighted by Crippen LogP contribution is 2.28. The summed E-state index contributed by atoms with van der Waals surface area (Å²) >= 11 is 0. The fourth-order valence-electron chi connectivity index (χ4n) is 3.55. The van der Waals surface area contributed by atoms with Crippen LogP contribution in [-0.4, -0.2) is 85.7 Å². The first-order chi connectivity index (χ1) is 12.3. The Hall–Kier alpha value is -1.28. The summed E-state index contributed by atoms with van der Waals surface area (Å²) in [6, 6.07) is 2.18. The summed E-state index contributed by atoms with van der Waals surface area (Å²) in [5.41, 5.74) is 1.19. The molecule has 140 valence electrons. The smallest absolute Gasteiger partial charge is 0.132 e. The maximum atomic E-state index is 8.74. The van der Waals surface area contributed by atoms with E-state index in [2.05, 4.69) is 20.9 Å². The highest BCUT2D eigenvalue weighted by molar-refractivity contribution is 5.41. The summed E-state index contributed by atoms with van der Waals surface area (Å²) in [5, 5.41) is 8.74. The van der Waals surface area contributed by atoms with E-state index < -0.39 is 0 Å². The van der Waals surface area contributed by atoms with Gasteiger partial charge in [0, 0.05) is 37.3 Å². The first-order valence-corrected chi connectivity index (χ1v) is 9.35. The molecule has 1 aromatic heterocycles. The third-order valence-corrected chi connectivity index (χ3v) is 4.97. The Morgan fingerprint density at radius 2 is 1.92 bits per heavy atom. The molecular weight excluding hydrogens is 320 g/mol. The number of aromatic nitrogens is 2. The van der Waals surface area contributed by atoms with Gasteiger partial charge in [-0.2, -0.15) is 0 Å². The fourth-order valence-corrected chi connectivity index (χ4v) is 3.55. The zero-order valence-corrected chi connectivity index (χ0v) is 15.2. The number of aliphatic hydroxyl groups is 1. The number of ether oxygens (including phenoxy) is 2. The normalized spacial score (nSPS) is 20.2. The first-order valence-electron chi connectivity index (χ1n) is 9.35. The van der Waals surface area contributed by atoms with Crippen molar-refractivity contribution >= 4 is 5.82 Å². The highest BCUT2D eigenvalue weighted by Gasteiger charge is 2.23. The van der Waals surface area contributed by atoms with Crippen LogP contribution in [0, 0.1) is 6.92 Å². The van der Waals surface area contributed by atoms with Gasteiger partial charge < -0.3 is 24.4 Å². The lowest BCUT2D eigenvalue weighted by Crippen LogP contribution is -2.37. The Morgan fingerprint density at radius 3 is 2.64 bits per heavy atom. The van der Waals surface area contributed by atoms with E-state index in [0.717, 1.165) is 70.4 Å². The largest absolute Gasteiger partial charge is 0.394 e. The molecule has 0 radical (unpaired) electrons. The lowest BCUT2D eigenvalue weighted by molar-refractivity contribution is 0.0678.